The Morgan fingerprint density at radius 3 is 2.92 bits per heavy atom. The van der Waals surface area contributed by atoms with Crippen molar-refractivity contribution in [3.63, 3.8) is 0 Å². The average Bonchev–Trinajstić information content (AvgIpc) is 2.29. The van der Waals surface area contributed by atoms with Gasteiger partial charge in [0, 0.05) is 24.2 Å². The summed E-state index contributed by atoms with van der Waals surface area (Å²) in [5, 5.41) is 9.37. The summed E-state index contributed by atoms with van der Waals surface area (Å²) in [6.45, 7) is 4.35. The largest absolute Gasteiger partial charge is 0.395 e. The summed E-state index contributed by atoms with van der Waals surface area (Å²) in [5.41, 5.74) is 0. The molecular formula is C8H13ClFNO. The van der Waals surface area contributed by atoms with E-state index in [2.05, 4.69) is 6.58 Å². The van der Waals surface area contributed by atoms with Crippen molar-refractivity contribution in [2.75, 3.05) is 19.7 Å². The van der Waals surface area contributed by atoms with Crippen molar-refractivity contribution < 1.29 is 9.50 Å². The Balaban J connectivity index is 2.46. The molecule has 1 saturated heterocycles. The maximum Gasteiger partial charge on any atom is 0.114 e. The molecule has 1 rings (SSSR count). The third-order valence-electron chi connectivity index (χ3n) is 2.06. The van der Waals surface area contributed by atoms with Gasteiger partial charge in [-0.3, -0.25) is 4.90 Å². The van der Waals surface area contributed by atoms with Crippen molar-refractivity contribution >= 4 is 11.6 Å². The predicted octanol–water partition coefficient (Wildman–Crippen LogP) is 1.14. The van der Waals surface area contributed by atoms with Gasteiger partial charge in [0.2, 0.25) is 0 Å². The fourth-order valence-electron chi connectivity index (χ4n) is 1.53. The number of aliphatic hydroxyl groups excluding tert-OH is 1. The second kappa shape index (κ2) is 4.21. The number of nitrogens with zero attached hydrogens (tertiary/aromatic N) is 1. The van der Waals surface area contributed by atoms with Crippen LogP contribution in [-0.4, -0.2) is 41.9 Å². The molecule has 2 unspecified atom stereocenters. The van der Waals surface area contributed by atoms with E-state index in [0.29, 0.717) is 24.5 Å². The van der Waals surface area contributed by atoms with Crippen LogP contribution in [-0.2, 0) is 0 Å². The molecule has 70 valence electrons. The van der Waals surface area contributed by atoms with Crippen LogP contribution in [0.2, 0.25) is 0 Å². The molecule has 1 N–H and O–H groups in total. The molecular weight excluding hydrogens is 181 g/mol. The van der Waals surface area contributed by atoms with Gasteiger partial charge in [-0.05, 0) is 6.42 Å². The molecule has 0 spiro atoms. The van der Waals surface area contributed by atoms with Crippen LogP contribution >= 0.6 is 11.6 Å². The van der Waals surface area contributed by atoms with E-state index in [1.165, 1.54) is 0 Å². The molecule has 1 heterocycles. The Morgan fingerprint density at radius 2 is 2.42 bits per heavy atom. The summed E-state index contributed by atoms with van der Waals surface area (Å²) < 4.78 is 12.8. The van der Waals surface area contributed by atoms with E-state index in [0.717, 1.165) is 0 Å². The number of rotatable bonds is 3. The molecule has 2 atom stereocenters. The van der Waals surface area contributed by atoms with Crippen molar-refractivity contribution in [2.24, 2.45) is 0 Å². The van der Waals surface area contributed by atoms with Gasteiger partial charge in [-0.25, -0.2) is 4.39 Å². The van der Waals surface area contributed by atoms with Crippen molar-refractivity contribution in [1.82, 2.24) is 4.90 Å². The normalized spacial score (nSPS) is 30.9. The first-order valence-corrected chi connectivity index (χ1v) is 4.33. The van der Waals surface area contributed by atoms with Gasteiger partial charge in [-0.1, -0.05) is 18.2 Å². The van der Waals surface area contributed by atoms with E-state index in [-0.39, 0.29) is 12.6 Å². The van der Waals surface area contributed by atoms with Crippen LogP contribution < -0.4 is 0 Å². The first kappa shape index (κ1) is 9.96. The zero-order chi connectivity index (χ0) is 9.14. The SMILES string of the molecule is C=C(Cl)CN1CC(F)CC1CO. The quantitative estimate of drug-likeness (QED) is 0.727. The van der Waals surface area contributed by atoms with E-state index in [9.17, 15) is 4.39 Å². The summed E-state index contributed by atoms with van der Waals surface area (Å²) in [4.78, 5) is 1.82. The second-order valence-corrected chi connectivity index (χ2v) is 3.65. The van der Waals surface area contributed by atoms with Crippen LogP contribution in [0.4, 0.5) is 4.39 Å². The Morgan fingerprint density at radius 1 is 1.75 bits per heavy atom. The highest BCUT2D eigenvalue weighted by Crippen LogP contribution is 2.21. The topological polar surface area (TPSA) is 23.5 Å². The highest BCUT2D eigenvalue weighted by atomic mass is 35.5. The maximum absolute atomic E-state index is 12.8. The van der Waals surface area contributed by atoms with Crippen LogP contribution in [0, 0.1) is 0 Å². The fraction of sp³-hybridized carbons (Fsp3) is 0.750. The highest BCUT2D eigenvalue weighted by Gasteiger charge is 2.31. The summed E-state index contributed by atoms with van der Waals surface area (Å²) >= 11 is 5.59. The number of hydrogen-bond acceptors (Lipinski definition) is 2. The first-order chi connectivity index (χ1) is 5.63. The Kier molecular flexibility index (Phi) is 3.50. The van der Waals surface area contributed by atoms with E-state index < -0.39 is 6.17 Å². The number of alkyl halides is 1. The standard InChI is InChI=1S/C8H13ClFNO/c1-6(9)3-11-4-7(10)2-8(11)5-12/h7-8,12H,1-5H2. The molecule has 0 aliphatic carbocycles. The van der Waals surface area contributed by atoms with Gasteiger partial charge in [0.05, 0.1) is 6.61 Å². The van der Waals surface area contributed by atoms with E-state index in [1.807, 2.05) is 4.90 Å². The first-order valence-electron chi connectivity index (χ1n) is 3.95. The van der Waals surface area contributed by atoms with Crippen LogP contribution in [0.25, 0.3) is 0 Å². The van der Waals surface area contributed by atoms with Gasteiger partial charge in [-0.15, -0.1) is 0 Å². The molecule has 2 nitrogen and oxygen atoms in total. The molecule has 0 saturated carbocycles. The molecule has 0 aromatic rings. The summed E-state index contributed by atoms with van der Waals surface area (Å²) in [6, 6.07) is -0.0875. The minimum atomic E-state index is -0.835. The van der Waals surface area contributed by atoms with Gasteiger partial charge < -0.3 is 5.11 Å². The number of aliphatic hydroxyl groups is 1. The summed E-state index contributed by atoms with van der Waals surface area (Å²) in [6.07, 6.45) is -0.432. The average molecular weight is 194 g/mol. The Hall–Kier alpha value is -0.120. The van der Waals surface area contributed by atoms with Crippen molar-refractivity contribution in [3.8, 4) is 0 Å². The van der Waals surface area contributed by atoms with Crippen LogP contribution in [0.1, 0.15) is 6.42 Å². The summed E-state index contributed by atoms with van der Waals surface area (Å²) in [7, 11) is 0. The van der Waals surface area contributed by atoms with Gasteiger partial charge in [-0.2, -0.15) is 0 Å². The smallest absolute Gasteiger partial charge is 0.114 e. The summed E-state index contributed by atoms with van der Waals surface area (Å²) in [5.74, 6) is 0. The molecule has 4 heteroatoms. The maximum atomic E-state index is 12.8. The lowest BCUT2D eigenvalue weighted by Crippen LogP contribution is -2.33. The predicted molar refractivity (Wildman–Crippen MR) is 47.0 cm³/mol. The monoisotopic (exact) mass is 193 g/mol. The third kappa shape index (κ3) is 2.44. The van der Waals surface area contributed by atoms with Gasteiger partial charge in [0.1, 0.15) is 6.17 Å². The lowest BCUT2D eigenvalue weighted by molar-refractivity contribution is 0.169. The highest BCUT2D eigenvalue weighted by molar-refractivity contribution is 6.29. The molecule has 0 amide bonds. The molecule has 0 aromatic heterocycles. The van der Waals surface area contributed by atoms with Crippen molar-refractivity contribution in [3.05, 3.63) is 11.6 Å². The number of hydrogen-bond donors (Lipinski definition) is 1. The molecule has 1 aliphatic heterocycles. The molecule has 0 radical (unpaired) electrons. The van der Waals surface area contributed by atoms with E-state index in [1.54, 1.807) is 0 Å². The Labute approximate surface area is 76.6 Å². The van der Waals surface area contributed by atoms with Crippen molar-refractivity contribution in [1.29, 1.82) is 0 Å². The zero-order valence-corrected chi connectivity index (χ0v) is 7.60. The Bertz CT molecular complexity index is 176. The van der Waals surface area contributed by atoms with E-state index >= 15 is 0 Å². The van der Waals surface area contributed by atoms with Gasteiger partial charge >= 0.3 is 0 Å². The lowest BCUT2D eigenvalue weighted by atomic mass is 10.2. The van der Waals surface area contributed by atoms with E-state index in [4.69, 9.17) is 16.7 Å². The minimum absolute atomic E-state index is 0.00934. The van der Waals surface area contributed by atoms with Crippen LogP contribution in [0.15, 0.2) is 11.6 Å². The zero-order valence-electron chi connectivity index (χ0n) is 6.84. The van der Waals surface area contributed by atoms with Gasteiger partial charge in [0.15, 0.2) is 0 Å². The molecule has 0 bridgehead atoms. The number of likely N-dealkylation sites (tertiary alicyclic amines) is 1. The van der Waals surface area contributed by atoms with Crippen molar-refractivity contribution in [2.45, 2.75) is 18.6 Å². The molecule has 12 heavy (non-hydrogen) atoms. The molecule has 0 aromatic carbocycles. The fourth-order valence-corrected chi connectivity index (χ4v) is 1.68. The second-order valence-electron chi connectivity index (χ2n) is 3.12. The number of halogens is 2. The molecule has 1 fully saturated rings. The third-order valence-corrected chi connectivity index (χ3v) is 2.18. The molecule has 1 aliphatic rings. The minimum Gasteiger partial charge on any atom is -0.395 e. The van der Waals surface area contributed by atoms with Crippen LogP contribution in [0.5, 0.6) is 0 Å². The van der Waals surface area contributed by atoms with Crippen LogP contribution in [0.3, 0.4) is 0 Å². The van der Waals surface area contributed by atoms with Gasteiger partial charge in [0.25, 0.3) is 0 Å². The lowest BCUT2D eigenvalue weighted by Gasteiger charge is -2.20.